The largest absolute Gasteiger partial charge is 0.374 e. The summed E-state index contributed by atoms with van der Waals surface area (Å²) in [5.74, 6) is 0.377. The van der Waals surface area contributed by atoms with Crippen molar-refractivity contribution in [1.82, 2.24) is 5.32 Å². The average Bonchev–Trinajstić information content (AvgIpc) is 2.83. The van der Waals surface area contributed by atoms with Crippen LogP contribution in [0.1, 0.15) is 25.0 Å². The SMILES string of the molecule is CC(C)OCc1ccccc1C=NN=C1NC(=O)CS1. The van der Waals surface area contributed by atoms with E-state index in [9.17, 15) is 4.79 Å². The van der Waals surface area contributed by atoms with Crippen LogP contribution in [0.4, 0.5) is 0 Å². The fraction of sp³-hybridized carbons (Fsp3) is 0.357. The van der Waals surface area contributed by atoms with Gasteiger partial charge in [-0.2, -0.15) is 5.10 Å². The minimum absolute atomic E-state index is 0.0327. The van der Waals surface area contributed by atoms with Crippen molar-refractivity contribution in [2.45, 2.75) is 26.6 Å². The molecule has 0 saturated carbocycles. The summed E-state index contributed by atoms with van der Waals surface area (Å²) in [7, 11) is 0. The van der Waals surface area contributed by atoms with Gasteiger partial charge >= 0.3 is 0 Å². The Hall–Kier alpha value is -1.66. The first-order valence-electron chi connectivity index (χ1n) is 6.38. The molecule has 0 aromatic heterocycles. The quantitative estimate of drug-likeness (QED) is 0.668. The van der Waals surface area contributed by atoms with Gasteiger partial charge in [0.25, 0.3) is 0 Å². The van der Waals surface area contributed by atoms with Gasteiger partial charge in [0.05, 0.1) is 24.7 Å². The Labute approximate surface area is 122 Å². The van der Waals surface area contributed by atoms with Crippen molar-refractivity contribution in [1.29, 1.82) is 0 Å². The number of thioether (sulfide) groups is 1. The molecule has 2 rings (SSSR count). The Bertz CT molecular complexity index is 541. The molecule has 0 bridgehead atoms. The fourth-order valence-corrected chi connectivity index (χ4v) is 2.20. The predicted molar refractivity (Wildman–Crippen MR) is 82.0 cm³/mol. The molecule has 106 valence electrons. The number of nitrogens with one attached hydrogen (secondary N) is 1. The third-order valence-electron chi connectivity index (χ3n) is 2.56. The van der Waals surface area contributed by atoms with Crippen LogP contribution in [0, 0.1) is 0 Å². The van der Waals surface area contributed by atoms with Crippen LogP contribution in [0.3, 0.4) is 0 Å². The summed E-state index contributed by atoms with van der Waals surface area (Å²) in [6.07, 6.45) is 1.86. The van der Waals surface area contributed by atoms with E-state index in [2.05, 4.69) is 15.5 Å². The third kappa shape index (κ3) is 4.47. The number of carbonyl (C=O) groups excluding carboxylic acids is 1. The van der Waals surface area contributed by atoms with Crippen LogP contribution < -0.4 is 5.32 Å². The number of rotatable bonds is 5. The lowest BCUT2D eigenvalue weighted by Gasteiger charge is -2.09. The molecule has 1 N–H and O–H groups in total. The molecule has 0 unspecified atom stereocenters. The molecule has 1 aliphatic heterocycles. The van der Waals surface area contributed by atoms with Gasteiger partial charge in [-0.1, -0.05) is 36.0 Å². The zero-order valence-corrected chi connectivity index (χ0v) is 12.3. The second-order valence-electron chi connectivity index (χ2n) is 4.55. The summed E-state index contributed by atoms with van der Waals surface area (Å²) in [4.78, 5) is 11.0. The Morgan fingerprint density at radius 3 is 2.95 bits per heavy atom. The number of nitrogens with zero attached hydrogens (tertiary/aromatic N) is 2. The van der Waals surface area contributed by atoms with Crippen LogP contribution >= 0.6 is 11.8 Å². The van der Waals surface area contributed by atoms with Gasteiger partial charge < -0.3 is 10.1 Å². The van der Waals surface area contributed by atoms with Crippen LogP contribution in [0.5, 0.6) is 0 Å². The lowest BCUT2D eigenvalue weighted by atomic mass is 10.1. The molecule has 1 aromatic rings. The first kappa shape index (κ1) is 14.7. The molecule has 0 spiro atoms. The molecule has 0 radical (unpaired) electrons. The molecule has 0 aliphatic carbocycles. The molecule has 20 heavy (non-hydrogen) atoms. The maximum atomic E-state index is 11.0. The highest BCUT2D eigenvalue weighted by molar-refractivity contribution is 8.15. The van der Waals surface area contributed by atoms with Crippen LogP contribution in [0.15, 0.2) is 34.5 Å². The van der Waals surface area contributed by atoms with E-state index in [0.717, 1.165) is 11.1 Å². The lowest BCUT2D eigenvalue weighted by Crippen LogP contribution is -2.19. The van der Waals surface area contributed by atoms with Gasteiger partial charge in [0, 0.05) is 5.56 Å². The summed E-state index contributed by atoms with van der Waals surface area (Å²) in [5.41, 5.74) is 2.03. The summed E-state index contributed by atoms with van der Waals surface area (Å²) < 4.78 is 5.60. The lowest BCUT2D eigenvalue weighted by molar-refractivity contribution is -0.116. The van der Waals surface area contributed by atoms with E-state index in [1.165, 1.54) is 11.8 Å². The first-order valence-corrected chi connectivity index (χ1v) is 7.37. The Balaban J connectivity index is 2.03. The van der Waals surface area contributed by atoms with Crippen LogP contribution in [-0.4, -0.2) is 29.1 Å². The second-order valence-corrected chi connectivity index (χ2v) is 5.51. The molecule has 0 atom stereocenters. The van der Waals surface area contributed by atoms with Gasteiger partial charge in [0.1, 0.15) is 0 Å². The highest BCUT2D eigenvalue weighted by Gasteiger charge is 2.15. The maximum absolute atomic E-state index is 11.0. The summed E-state index contributed by atoms with van der Waals surface area (Å²) >= 11 is 1.35. The highest BCUT2D eigenvalue weighted by atomic mass is 32.2. The summed E-state index contributed by atoms with van der Waals surface area (Å²) in [6, 6.07) is 7.88. The van der Waals surface area contributed by atoms with Crippen molar-refractivity contribution in [3.8, 4) is 0 Å². The van der Waals surface area contributed by atoms with E-state index in [-0.39, 0.29) is 12.0 Å². The Morgan fingerprint density at radius 1 is 1.45 bits per heavy atom. The van der Waals surface area contributed by atoms with Crippen LogP contribution in [0.25, 0.3) is 0 Å². The first-order chi connectivity index (χ1) is 9.65. The predicted octanol–water partition coefficient (Wildman–Crippen LogP) is 2.16. The molecule has 6 heteroatoms. The number of hydrogen-bond acceptors (Lipinski definition) is 5. The number of hydrogen-bond donors (Lipinski definition) is 1. The molecule has 1 amide bonds. The normalized spacial score (nSPS) is 17.4. The molecule has 1 heterocycles. The van der Waals surface area contributed by atoms with Gasteiger partial charge in [-0.3, -0.25) is 4.79 Å². The second kappa shape index (κ2) is 7.21. The van der Waals surface area contributed by atoms with E-state index in [1.54, 1.807) is 6.21 Å². The standard InChI is InChI=1S/C14H17N3O2S/c1-10(2)19-8-12-6-4-3-5-11(12)7-15-17-14-16-13(18)9-20-14/h3-7,10H,8-9H2,1-2H3,(H,16,17,18). The van der Waals surface area contributed by atoms with Gasteiger partial charge in [-0.05, 0) is 19.4 Å². The van der Waals surface area contributed by atoms with E-state index in [1.807, 2.05) is 38.1 Å². The molecule has 5 nitrogen and oxygen atoms in total. The highest BCUT2D eigenvalue weighted by Crippen LogP contribution is 2.11. The third-order valence-corrected chi connectivity index (χ3v) is 3.42. The number of carbonyl (C=O) groups is 1. The zero-order chi connectivity index (χ0) is 14.4. The molecular weight excluding hydrogens is 274 g/mol. The van der Waals surface area contributed by atoms with E-state index >= 15 is 0 Å². The summed E-state index contributed by atoms with van der Waals surface area (Å²) in [6.45, 7) is 4.55. The minimum Gasteiger partial charge on any atom is -0.374 e. The number of benzene rings is 1. The van der Waals surface area contributed by atoms with Crippen molar-refractivity contribution in [2.24, 2.45) is 10.2 Å². The Morgan fingerprint density at radius 2 is 2.25 bits per heavy atom. The Kier molecular flexibility index (Phi) is 5.31. The molecule has 1 fully saturated rings. The van der Waals surface area contributed by atoms with Gasteiger partial charge in [-0.25, -0.2) is 0 Å². The maximum Gasteiger partial charge on any atom is 0.236 e. The number of amides is 1. The van der Waals surface area contributed by atoms with Crippen molar-refractivity contribution in [3.63, 3.8) is 0 Å². The van der Waals surface area contributed by atoms with E-state index in [0.29, 0.717) is 17.5 Å². The van der Waals surface area contributed by atoms with Crippen molar-refractivity contribution < 1.29 is 9.53 Å². The summed E-state index contributed by atoms with van der Waals surface area (Å²) in [5, 5.41) is 11.2. The van der Waals surface area contributed by atoms with Gasteiger partial charge in [-0.15, -0.1) is 5.10 Å². The smallest absolute Gasteiger partial charge is 0.236 e. The number of ether oxygens (including phenoxy) is 1. The topological polar surface area (TPSA) is 63.1 Å². The monoisotopic (exact) mass is 291 g/mol. The van der Waals surface area contributed by atoms with E-state index in [4.69, 9.17) is 4.74 Å². The zero-order valence-electron chi connectivity index (χ0n) is 11.5. The molecule has 1 saturated heterocycles. The fourth-order valence-electron chi connectivity index (χ4n) is 1.57. The minimum atomic E-state index is -0.0327. The van der Waals surface area contributed by atoms with Crippen molar-refractivity contribution in [3.05, 3.63) is 35.4 Å². The number of amidine groups is 1. The van der Waals surface area contributed by atoms with E-state index < -0.39 is 0 Å². The molecular formula is C14H17N3O2S. The van der Waals surface area contributed by atoms with Crippen LogP contribution in [-0.2, 0) is 16.1 Å². The molecule has 1 aliphatic rings. The molecule has 1 aromatic carbocycles. The average molecular weight is 291 g/mol. The van der Waals surface area contributed by atoms with Gasteiger partial charge in [0.15, 0.2) is 5.17 Å². The van der Waals surface area contributed by atoms with Gasteiger partial charge in [0.2, 0.25) is 5.91 Å². The van der Waals surface area contributed by atoms with Crippen molar-refractivity contribution in [2.75, 3.05) is 5.75 Å². The van der Waals surface area contributed by atoms with Crippen LogP contribution in [0.2, 0.25) is 0 Å². The van der Waals surface area contributed by atoms with Crippen molar-refractivity contribution >= 4 is 29.1 Å².